The number of rotatable bonds is 1. The van der Waals surface area contributed by atoms with E-state index < -0.39 is 0 Å². The Balaban J connectivity index is 1.85. The predicted molar refractivity (Wildman–Crippen MR) is 72.4 cm³/mol. The molecule has 5 nitrogen and oxygen atoms in total. The van der Waals surface area contributed by atoms with E-state index in [0.29, 0.717) is 19.5 Å². The van der Waals surface area contributed by atoms with Gasteiger partial charge in [0.1, 0.15) is 0 Å². The highest BCUT2D eigenvalue weighted by molar-refractivity contribution is 7.13. The molecule has 3 heterocycles. The number of hydrogen-bond acceptors (Lipinski definition) is 4. The summed E-state index contributed by atoms with van der Waals surface area (Å²) in [5.74, 6) is 0.0315. The van der Waals surface area contributed by atoms with Crippen LogP contribution < -0.4 is 5.56 Å². The number of carbonyl (C=O) groups is 1. The van der Waals surface area contributed by atoms with Crippen LogP contribution in [0.4, 0.5) is 0 Å². The molecule has 0 aromatic carbocycles. The third-order valence-electron chi connectivity index (χ3n) is 3.20. The number of fused-ring (bicyclic) bond motifs is 1. The summed E-state index contributed by atoms with van der Waals surface area (Å²) in [6.07, 6.45) is 0.683. The molecule has 0 fully saturated rings. The van der Waals surface area contributed by atoms with Crippen molar-refractivity contribution in [3.05, 3.63) is 49.6 Å². The standard InChI is InChI=1S/C13H13N3O2S/c1-8-2-3-11(19-8)13(18)16-5-4-10-9(7-16)6-12(17)15-14-10/h2-3,6H,4-5,7H2,1H3,(H,15,17). The lowest BCUT2D eigenvalue weighted by atomic mass is 10.1. The highest BCUT2D eigenvalue weighted by atomic mass is 32.1. The Morgan fingerprint density at radius 2 is 2.32 bits per heavy atom. The van der Waals surface area contributed by atoms with Gasteiger partial charge in [-0.1, -0.05) is 0 Å². The van der Waals surface area contributed by atoms with Gasteiger partial charge in [0.25, 0.3) is 11.5 Å². The van der Waals surface area contributed by atoms with Crippen molar-refractivity contribution in [3.8, 4) is 0 Å². The second-order valence-electron chi connectivity index (χ2n) is 4.59. The molecule has 3 rings (SSSR count). The van der Waals surface area contributed by atoms with E-state index in [9.17, 15) is 9.59 Å². The van der Waals surface area contributed by atoms with Crippen molar-refractivity contribution in [2.75, 3.05) is 6.54 Å². The van der Waals surface area contributed by atoms with Crippen molar-refractivity contribution in [2.45, 2.75) is 19.9 Å². The summed E-state index contributed by atoms with van der Waals surface area (Å²) in [6, 6.07) is 5.33. The van der Waals surface area contributed by atoms with E-state index in [2.05, 4.69) is 10.2 Å². The lowest BCUT2D eigenvalue weighted by molar-refractivity contribution is 0.0738. The fourth-order valence-electron chi connectivity index (χ4n) is 2.23. The summed E-state index contributed by atoms with van der Waals surface area (Å²) in [6.45, 7) is 3.08. The van der Waals surface area contributed by atoms with Crippen molar-refractivity contribution >= 4 is 17.2 Å². The minimum atomic E-state index is -0.222. The number of hydrogen-bond donors (Lipinski definition) is 1. The molecule has 2 aromatic rings. The van der Waals surface area contributed by atoms with Crippen LogP contribution >= 0.6 is 11.3 Å². The van der Waals surface area contributed by atoms with Crippen LogP contribution in [-0.2, 0) is 13.0 Å². The second kappa shape index (κ2) is 4.62. The van der Waals surface area contributed by atoms with Crippen molar-refractivity contribution in [2.24, 2.45) is 0 Å². The van der Waals surface area contributed by atoms with E-state index >= 15 is 0 Å². The Morgan fingerprint density at radius 1 is 1.47 bits per heavy atom. The first-order chi connectivity index (χ1) is 9.13. The molecule has 0 saturated carbocycles. The number of thiophene rings is 1. The number of aromatic amines is 1. The molecule has 0 spiro atoms. The molecular formula is C13H13N3O2S. The molecule has 1 aliphatic rings. The number of aryl methyl sites for hydroxylation is 1. The summed E-state index contributed by atoms with van der Waals surface area (Å²) < 4.78 is 0. The van der Waals surface area contributed by atoms with Gasteiger partial charge in [0.2, 0.25) is 0 Å². The zero-order valence-electron chi connectivity index (χ0n) is 10.5. The smallest absolute Gasteiger partial charge is 0.264 e. The molecule has 0 bridgehead atoms. The van der Waals surface area contributed by atoms with Crippen LogP contribution in [0.25, 0.3) is 0 Å². The van der Waals surface area contributed by atoms with E-state index in [1.54, 1.807) is 4.90 Å². The number of amides is 1. The molecule has 6 heteroatoms. The van der Waals surface area contributed by atoms with Gasteiger partial charge < -0.3 is 4.90 Å². The molecule has 0 unspecified atom stereocenters. The maximum atomic E-state index is 12.3. The second-order valence-corrected chi connectivity index (χ2v) is 5.88. The van der Waals surface area contributed by atoms with Crippen molar-refractivity contribution in [1.82, 2.24) is 15.1 Å². The zero-order valence-corrected chi connectivity index (χ0v) is 11.3. The largest absolute Gasteiger partial charge is 0.333 e. The number of carbonyl (C=O) groups excluding carboxylic acids is 1. The van der Waals surface area contributed by atoms with Crippen LogP contribution in [0.2, 0.25) is 0 Å². The van der Waals surface area contributed by atoms with Crippen LogP contribution in [0.5, 0.6) is 0 Å². The van der Waals surface area contributed by atoms with Crippen LogP contribution in [0, 0.1) is 6.92 Å². The van der Waals surface area contributed by atoms with E-state index in [1.165, 1.54) is 17.4 Å². The molecule has 1 amide bonds. The Labute approximate surface area is 113 Å². The monoisotopic (exact) mass is 275 g/mol. The van der Waals surface area contributed by atoms with Gasteiger partial charge in [0.05, 0.1) is 10.6 Å². The summed E-state index contributed by atoms with van der Waals surface area (Å²) in [4.78, 5) is 27.3. The summed E-state index contributed by atoms with van der Waals surface area (Å²) >= 11 is 1.50. The summed E-state index contributed by atoms with van der Waals surface area (Å²) in [7, 11) is 0. The van der Waals surface area contributed by atoms with Crippen molar-refractivity contribution in [1.29, 1.82) is 0 Å². The van der Waals surface area contributed by atoms with Gasteiger partial charge in [-0.3, -0.25) is 9.59 Å². The van der Waals surface area contributed by atoms with Gasteiger partial charge >= 0.3 is 0 Å². The lowest BCUT2D eigenvalue weighted by Crippen LogP contribution is -2.36. The molecule has 0 saturated heterocycles. The van der Waals surface area contributed by atoms with Gasteiger partial charge in [0, 0.05) is 36.0 Å². The molecule has 98 valence electrons. The number of nitrogens with zero attached hydrogens (tertiary/aromatic N) is 2. The molecule has 1 N–H and O–H groups in total. The Kier molecular flexibility index (Phi) is 2.94. The third kappa shape index (κ3) is 2.31. The zero-order chi connectivity index (χ0) is 13.4. The average molecular weight is 275 g/mol. The first kappa shape index (κ1) is 12.1. The SMILES string of the molecule is Cc1ccc(C(=O)N2CCc3n[nH]c(=O)cc3C2)s1. The molecule has 1 aliphatic heterocycles. The molecule has 19 heavy (non-hydrogen) atoms. The van der Waals surface area contributed by atoms with Gasteiger partial charge in [-0.2, -0.15) is 5.10 Å². The molecule has 2 aromatic heterocycles. The van der Waals surface area contributed by atoms with Crippen molar-refractivity contribution < 1.29 is 4.79 Å². The minimum absolute atomic E-state index is 0.0315. The highest BCUT2D eigenvalue weighted by Gasteiger charge is 2.23. The van der Waals surface area contributed by atoms with E-state index in [-0.39, 0.29) is 11.5 Å². The highest BCUT2D eigenvalue weighted by Crippen LogP contribution is 2.21. The number of aromatic nitrogens is 2. The summed E-state index contributed by atoms with van der Waals surface area (Å²) in [5, 5.41) is 6.45. The van der Waals surface area contributed by atoms with Crippen LogP contribution in [0.15, 0.2) is 23.0 Å². The summed E-state index contributed by atoms with van der Waals surface area (Å²) in [5.41, 5.74) is 1.50. The third-order valence-corrected chi connectivity index (χ3v) is 4.18. The molecule has 0 radical (unpaired) electrons. The van der Waals surface area contributed by atoms with Gasteiger partial charge in [-0.15, -0.1) is 11.3 Å². The maximum absolute atomic E-state index is 12.3. The minimum Gasteiger partial charge on any atom is -0.333 e. The molecular weight excluding hydrogens is 262 g/mol. The van der Waals surface area contributed by atoms with E-state index in [0.717, 1.165) is 21.0 Å². The van der Waals surface area contributed by atoms with E-state index in [1.807, 2.05) is 19.1 Å². The first-order valence-corrected chi connectivity index (χ1v) is 6.88. The average Bonchev–Trinajstić information content (AvgIpc) is 2.83. The Bertz CT molecular complexity index is 689. The quantitative estimate of drug-likeness (QED) is 0.854. The Hall–Kier alpha value is -1.95. The van der Waals surface area contributed by atoms with Crippen LogP contribution in [0.3, 0.4) is 0 Å². The van der Waals surface area contributed by atoms with Gasteiger partial charge in [0.15, 0.2) is 0 Å². The fourth-order valence-corrected chi connectivity index (χ4v) is 3.06. The topological polar surface area (TPSA) is 66.1 Å². The molecule has 0 atom stereocenters. The predicted octanol–water partition coefficient (Wildman–Crippen LogP) is 1.34. The molecule has 0 aliphatic carbocycles. The number of nitrogens with one attached hydrogen (secondary N) is 1. The normalized spacial score (nSPS) is 14.3. The van der Waals surface area contributed by atoms with Crippen LogP contribution in [0.1, 0.15) is 25.8 Å². The maximum Gasteiger partial charge on any atom is 0.264 e. The first-order valence-electron chi connectivity index (χ1n) is 6.06. The van der Waals surface area contributed by atoms with Gasteiger partial charge in [-0.25, -0.2) is 5.10 Å². The van der Waals surface area contributed by atoms with E-state index in [4.69, 9.17) is 0 Å². The fraction of sp³-hybridized carbons (Fsp3) is 0.308. The lowest BCUT2D eigenvalue weighted by Gasteiger charge is -2.27. The van der Waals surface area contributed by atoms with Crippen molar-refractivity contribution in [3.63, 3.8) is 0 Å². The number of H-pyrrole nitrogens is 1. The van der Waals surface area contributed by atoms with Crippen LogP contribution in [-0.4, -0.2) is 27.5 Å². The Morgan fingerprint density at radius 3 is 3.05 bits per heavy atom. The van der Waals surface area contributed by atoms with Gasteiger partial charge in [-0.05, 0) is 19.1 Å².